The van der Waals surface area contributed by atoms with Gasteiger partial charge in [-0.25, -0.2) is 22.0 Å². The van der Waals surface area contributed by atoms with Crippen LogP contribution in [-0.2, 0) is 0 Å². The van der Waals surface area contributed by atoms with E-state index in [0.29, 0.717) is 18.7 Å². The van der Waals surface area contributed by atoms with Gasteiger partial charge in [-0.15, -0.1) is 11.6 Å². The Labute approximate surface area is 123 Å². The minimum absolute atomic E-state index is 0.0293. The second-order valence-corrected chi connectivity index (χ2v) is 4.78. The SMILES string of the molecule is CCC(CCCl)CNC(=O)c1c(F)c(F)c(F)c(F)c1F. The Kier molecular flexibility index (Phi) is 6.39. The lowest BCUT2D eigenvalue weighted by atomic mass is 10.0. The van der Waals surface area contributed by atoms with Crippen molar-refractivity contribution in [2.75, 3.05) is 12.4 Å². The first-order chi connectivity index (χ1) is 9.84. The highest BCUT2D eigenvalue weighted by molar-refractivity contribution is 6.17. The van der Waals surface area contributed by atoms with Crippen LogP contribution in [0.4, 0.5) is 22.0 Å². The van der Waals surface area contributed by atoms with Gasteiger partial charge in [-0.1, -0.05) is 13.3 Å². The Morgan fingerprint density at radius 3 is 1.95 bits per heavy atom. The maximum Gasteiger partial charge on any atom is 0.257 e. The zero-order valence-electron chi connectivity index (χ0n) is 11.1. The monoisotopic (exact) mass is 329 g/mol. The average molecular weight is 330 g/mol. The molecule has 1 aromatic carbocycles. The number of hydrogen-bond acceptors (Lipinski definition) is 1. The van der Waals surface area contributed by atoms with Gasteiger partial charge in [-0.3, -0.25) is 4.79 Å². The first-order valence-electron chi connectivity index (χ1n) is 6.20. The van der Waals surface area contributed by atoms with Gasteiger partial charge in [0.1, 0.15) is 5.56 Å². The zero-order chi connectivity index (χ0) is 16.2. The van der Waals surface area contributed by atoms with Crippen LogP contribution in [0.25, 0.3) is 0 Å². The highest BCUT2D eigenvalue weighted by atomic mass is 35.5. The summed E-state index contributed by atoms with van der Waals surface area (Å²) in [6, 6.07) is 0. The fourth-order valence-electron chi connectivity index (χ4n) is 1.73. The van der Waals surface area contributed by atoms with Crippen LogP contribution in [0.2, 0.25) is 0 Å². The van der Waals surface area contributed by atoms with Crippen LogP contribution in [0.5, 0.6) is 0 Å². The number of rotatable bonds is 6. The summed E-state index contributed by atoms with van der Waals surface area (Å²) >= 11 is 5.54. The highest BCUT2D eigenvalue weighted by Crippen LogP contribution is 2.23. The molecule has 118 valence electrons. The van der Waals surface area contributed by atoms with Gasteiger partial charge in [0, 0.05) is 12.4 Å². The first kappa shape index (κ1) is 17.7. The van der Waals surface area contributed by atoms with Crippen LogP contribution in [0.15, 0.2) is 0 Å². The second kappa shape index (κ2) is 7.59. The topological polar surface area (TPSA) is 29.1 Å². The van der Waals surface area contributed by atoms with Crippen LogP contribution >= 0.6 is 11.6 Å². The number of alkyl halides is 1. The predicted octanol–water partition coefficient (Wildman–Crippen LogP) is 3.77. The number of halogens is 6. The molecule has 0 bridgehead atoms. The maximum atomic E-state index is 13.4. The molecule has 8 heteroatoms. The largest absolute Gasteiger partial charge is 0.352 e. The van der Waals surface area contributed by atoms with Crippen LogP contribution in [-0.4, -0.2) is 18.3 Å². The van der Waals surface area contributed by atoms with E-state index >= 15 is 0 Å². The Balaban J connectivity index is 2.98. The Morgan fingerprint density at radius 2 is 1.52 bits per heavy atom. The molecule has 1 atom stereocenters. The fraction of sp³-hybridized carbons (Fsp3) is 0.462. The number of carbonyl (C=O) groups is 1. The normalized spacial score (nSPS) is 12.3. The zero-order valence-corrected chi connectivity index (χ0v) is 11.8. The van der Waals surface area contributed by atoms with Crippen molar-refractivity contribution in [3.8, 4) is 0 Å². The number of nitrogens with one attached hydrogen (secondary N) is 1. The number of carbonyl (C=O) groups excluding carboxylic acids is 1. The van der Waals surface area contributed by atoms with E-state index < -0.39 is 40.6 Å². The third kappa shape index (κ3) is 3.84. The molecule has 1 N–H and O–H groups in total. The van der Waals surface area contributed by atoms with E-state index in [9.17, 15) is 26.7 Å². The third-order valence-electron chi connectivity index (χ3n) is 3.08. The summed E-state index contributed by atoms with van der Waals surface area (Å²) in [6.07, 6.45) is 1.19. The summed E-state index contributed by atoms with van der Waals surface area (Å²) in [5.41, 5.74) is -1.48. The van der Waals surface area contributed by atoms with Crippen molar-refractivity contribution >= 4 is 17.5 Å². The van der Waals surface area contributed by atoms with Gasteiger partial charge in [0.25, 0.3) is 5.91 Å². The minimum Gasteiger partial charge on any atom is -0.352 e. The molecule has 1 rings (SSSR count). The molecule has 0 saturated heterocycles. The van der Waals surface area contributed by atoms with Crippen molar-refractivity contribution in [3.05, 3.63) is 34.6 Å². The molecule has 0 heterocycles. The molecule has 1 unspecified atom stereocenters. The molecule has 0 aliphatic heterocycles. The van der Waals surface area contributed by atoms with Gasteiger partial charge in [0.2, 0.25) is 5.82 Å². The quantitative estimate of drug-likeness (QED) is 0.366. The van der Waals surface area contributed by atoms with Crippen LogP contribution in [0, 0.1) is 35.0 Å². The Hall–Kier alpha value is -1.37. The summed E-state index contributed by atoms with van der Waals surface area (Å²) in [6.45, 7) is 1.85. The highest BCUT2D eigenvalue weighted by Gasteiger charge is 2.29. The smallest absolute Gasteiger partial charge is 0.257 e. The van der Waals surface area contributed by atoms with Crippen molar-refractivity contribution in [1.29, 1.82) is 0 Å². The average Bonchev–Trinajstić information content (AvgIpc) is 2.47. The lowest BCUT2D eigenvalue weighted by Gasteiger charge is -2.15. The summed E-state index contributed by atoms with van der Waals surface area (Å²) in [7, 11) is 0. The fourth-order valence-corrected chi connectivity index (χ4v) is 2.04. The van der Waals surface area contributed by atoms with E-state index in [-0.39, 0.29) is 12.5 Å². The number of amides is 1. The Bertz CT molecular complexity index is 509. The molecule has 0 aliphatic carbocycles. The van der Waals surface area contributed by atoms with E-state index in [1.165, 1.54) is 0 Å². The molecular weight excluding hydrogens is 317 g/mol. The first-order valence-corrected chi connectivity index (χ1v) is 6.74. The van der Waals surface area contributed by atoms with Crippen molar-refractivity contribution in [1.82, 2.24) is 5.32 Å². The summed E-state index contributed by atoms with van der Waals surface area (Å²) in [5, 5.41) is 2.16. The third-order valence-corrected chi connectivity index (χ3v) is 3.30. The van der Waals surface area contributed by atoms with Crippen LogP contribution in [0.3, 0.4) is 0 Å². The van der Waals surface area contributed by atoms with Crippen molar-refractivity contribution in [3.63, 3.8) is 0 Å². The van der Waals surface area contributed by atoms with E-state index in [0.717, 1.165) is 0 Å². The number of benzene rings is 1. The van der Waals surface area contributed by atoms with Gasteiger partial charge < -0.3 is 5.32 Å². The molecular formula is C13H13ClF5NO. The van der Waals surface area contributed by atoms with Gasteiger partial charge in [0.05, 0.1) is 0 Å². The summed E-state index contributed by atoms with van der Waals surface area (Å²) in [4.78, 5) is 11.6. The molecule has 2 nitrogen and oxygen atoms in total. The van der Waals surface area contributed by atoms with Crippen molar-refractivity contribution < 1.29 is 26.7 Å². The van der Waals surface area contributed by atoms with E-state index in [2.05, 4.69) is 5.32 Å². The molecule has 0 fully saturated rings. The molecule has 0 aromatic heterocycles. The molecule has 0 aliphatic rings. The van der Waals surface area contributed by atoms with Gasteiger partial charge >= 0.3 is 0 Å². The molecule has 1 aromatic rings. The molecule has 0 spiro atoms. The predicted molar refractivity (Wildman–Crippen MR) is 67.7 cm³/mol. The van der Waals surface area contributed by atoms with E-state index in [4.69, 9.17) is 11.6 Å². The van der Waals surface area contributed by atoms with Crippen molar-refractivity contribution in [2.45, 2.75) is 19.8 Å². The minimum atomic E-state index is -2.30. The van der Waals surface area contributed by atoms with Gasteiger partial charge in [-0.2, -0.15) is 0 Å². The van der Waals surface area contributed by atoms with Gasteiger partial charge in [-0.05, 0) is 12.3 Å². The number of hydrogen-bond donors (Lipinski definition) is 1. The standard InChI is InChI=1S/C13H13ClF5NO/c1-2-6(3-4-14)5-20-13(21)7-8(15)10(17)12(19)11(18)9(7)16/h6H,2-5H2,1H3,(H,20,21). The second-order valence-electron chi connectivity index (χ2n) is 4.41. The summed E-state index contributed by atoms with van der Waals surface area (Å²) in [5.74, 6) is -11.9. The molecule has 1 amide bonds. The molecule has 0 saturated carbocycles. The van der Waals surface area contributed by atoms with E-state index in [1.54, 1.807) is 0 Å². The maximum absolute atomic E-state index is 13.4. The van der Waals surface area contributed by atoms with Gasteiger partial charge in [0.15, 0.2) is 23.3 Å². The molecule has 0 radical (unpaired) electrons. The van der Waals surface area contributed by atoms with Crippen molar-refractivity contribution in [2.24, 2.45) is 5.92 Å². The lowest BCUT2D eigenvalue weighted by Crippen LogP contribution is -2.31. The summed E-state index contributed by atoms with van der Waals surface area (Å²) < 4.78 is 65.6. The van der Waals surface area contributed by atoms with E-state index in [1.807, 2.05) is 6.92 Å². The molecule has 21 heavy (non-hydrogen) atoms. The van der Waals surface area contributed by atoms with Crippen LogP contribution in [0.1, 0.15) is 30.1 Å². The Morgan fingerprint density at radius 1 is 1.05 bits per heavy atom. The lowest BCUT2D eigenvalue weighted by molar-refractivity contribution is 0.0934. The van der Waals surface area contributed by atoms with Crippen LogP contribution < -0.4 is 5.32 Å².